The number of aromatic carboxylic acids is 1. The fourth-order valence-corrected chi connectivity index (χ4v) is 1.61. The molecule has 1 aliphatic rings. The van der Waals surface area contributed by atoms with Gasteiger partial charge in [-0.15, -0.1) is 0 Å². The van der Waals surface area contributed by atoms with Crippen LogP contribution >= 0.6 is 0 Å². The Morgan fingerprint density at radius 3 is 2.38 bits per heavy atom. The quantitative estimate of drug-likeness (QED) is 0.765. The first-order valence-electron chi connectivity index (χ1n) is 5.69. The van der Waals surface area contributed by atoms with Crippen LogP contribution in [-0.4, -0.2) is 24.2 Å². The summed E-state index contributed by atoms with van der Waals surface area (Å²) in [6, 6.07) is 8.30. The maximum Gasteiger partial charge on any atom is 0.335 e. The van der Waals surface area contributed by atoms with Crippen LogP contribution in [0.3, 0.4) is 0 Å². The highest BCUT2D eigenvalue weighted by Crippen LogP contribution is 2.06. The third kappa shape index (κ3) is 4.94. The van der Waals surface area contributed by atoms with Crippen LogP contribution in [0, 0.1) is 5.92 Å². The van der Waals surface area contributed by atoms with Crippen LogP contribution in [0.2, 0.25) is 0 Å². The molecule has 1 aliphatic heterocycles. The Balaban J connectivity index is 0.000000165. The Morgan fingerprint density at radius 1 is 1.38 bits per heavy atom. The number of carboxylic acids is 1. The van der Waals surface area contributed by atoms with E-state index in [9.17, 15) is 4.79 Å². The molecule has 1 aromatic carbocycles. The third-order valence-corrected chi connectivity index (χ3v) is 2.56. The van der Waals surface area contributed by atoms with E-state index in [1.165, 1.54) is 25.9 Å². The first-order valence-corrected chi connectivity index (χ1v) is 5.69. The van der Waals surface area contributed by atoms with Gasteiger partial charge in [-0.3, -0.25) is 0 Å². The summed E-state index contributed by atoms with van der Waals surface area (Å²) < 4.78 is 0. The van der Waals surface area contributed by atoms with Crippen LogP contribution < -0.4 is 5.32 Å². The van der Waals surface area contributed by atoms with Crippen LogP contribution in [0.25, 0.3) is 0 Å². The van der Waals surface area contributed by atoms with E-state index >= 15 is 0 Å². The maximum atomic E-state index is 10.2. The first kappa shape index (κ1) is 12.7. The highest BCUT2D eigenvalue weighted by atomic mass is 16.4. The lowest BCUT2D eigenvalue weighted by molar-refractivity contribution is 0.0697. The summed E-state index contributed by atoms with van der Waals surface area (Å²) in [5.41, 5.74) is 0.331. The lowest BCUT2D eigenvalue weighted by Gasteiger charge is -2.17. The minimum atomic E-state index is -0.879. The molecule has 1 heterocycles. The second-order valence-corrected chi connectivity index (χ2v) is 4.12. The molecule has 1 unspecified atom stereocenters. The molecular formula is C13H19NO2. The van der Waals surface area contributed by atoms with E-state index in [-0.39, 0.29) is 0 Å². The lowest BCUT2D eigenvalue weighted by Crippen LogP contribution is -2.27. The van der Waals surface area contributed by atoms with Crippen molar-refractivity contribution >= 4 is 5.97 Å². The van der Waals surface area contributed by atoms with Crippen molar-refractivity contribution in [2.45, 2.75) is 19.8 Å². The minimum absolute atomic E-state index is 0.331. The van der Waals surface area contributed by atoms with Crippen molar-refractivity contribution in [1.82, 2.24) is 5.32 Å². The van der Waals surface area contributed by atoms with E-state index in [0.29, 0.717) is 5.56 Å². The van der Waals surface area contributed by atoms with Gasteiger partial charge >= 0.3 is 5.97 Å². The summed E-state index contributed by atoms with van der Waals surface area (Å²) in [5.74, 6) is 0.0457. The SMILES string of the molecule is CC1CCCNC1.O=C(O)c1ccccc1. The van der Waals surface area contributed by atoms with E-state index < -0.39 is 5.97 Å². The van der Waals surface area contributed by atoms with E-state index in [2.05, 4.69) is 12.2 Å². The van der Waals surface area contributed by atoms with Crippen molar-refractivity contribution < 1.29 is 9.90 Å². The number of nitrogens with one attached hydrogen (secondary N) is 1. The second-order valence-electron chi connectivity index (χ2n) is 4.12. The molecule has 0 aliphatic carbocycles. The summed E-state index contributed by atoms with van der Waals surface area (Å²) >= 11 is 0. The predicted molar refractivity (Wildman–Crippen MR) is 64.7 cm³/mol. The van der Waals surface area contributed by atoms with Crippen LogP contribution in [0.4, 0.5) is 0 Å². The molecule has 1 aromatic rings. The molecule has 16 heavy (non-hydrogen) atoms. The molecule has 1 fully saturated rings. The van der Waals surface area contributed by atoms with Gasteiger partial charge in [-0.25, -0.2) is 4.79 Å². The summed E-state index contributed by atoms with van der Waals surface area (Å²) in [5, 5.41) is 11.7. The maximum absolute atomic E-state index is 10.2. The number of carbonyl (C=O) groups is 1. The number of carboxylic acid groups (broad SMARTS) is 1. The topological polar surface area (TPSA) is 49.3 Å². The van der Waals surface area contributed by atoms with Crippen molar-refractivity contribution in [3.05, 3.63) is 35.9 Å². The van der Waals surface area contributed by atoms with Gasteiger partial charge in [0.15, 0.2) is 0 Å². The number of hydrogen-bond acceptors (Lipinski definition) is 2. The standard InChI is InChI=1S/C7H6O2.C6H13N/c8-7(9)6-4-2-1-3-5-6;1-6-3-2-4-7-5-6/h1-5H,(H,8,9);6-7H,2-5H2,1H3. The number of piperidine rings is 1. The van der Waals surface area contributed by atoms with Gasteiger partial charge in [-0.05, 0) is 44.0 Å². The number of rotatable bonds is 1. The zero-order chi connectivity index (χ0) is 11.8. The molecular weight excluding hydrogens is 202 g/mol. The van der Waals surface area contributed by atoms with Gasteiger partial charge in [0, 0.05) is 0 Å². The average Bonchev–Trinajstić information content (AvgIpc) is 2.32. The lowest BCUT2D eigenvalue weighted by atomic mass is 10.0. The molecule has 3 nitrogen and oxygen atoms in total. The van der Waals surface area contributed by atoms with E-state index in [0.717, 1.165) is 5.92 Å². The zero-order valence-electron chi connectivity index (χ0n) is 9.65. The summed E-state index contributed by atoms with van der Waals surface area (Å²) in [4.78, 5) is 10.2. The molecule has 3 heteroatoms. The number of benzene rings is 1. The monoisotopic (exact) mass is 221 g/mol. The summed E-state index contributed by atoms with van der Waals surface area (Å²) in [6.07, 6.45) is 2.80. The van der Waals surface area contributed by atoms with E-state index in [1.54, 1.807) is 30.3 Å². The van der Waals surface area contributed by atoms with Crippen molar-refractivity contribution in [2.24, 2.45) is 5.92 Å². The first-order chi connectivity index (χ1) is 7.70. The Kier molecular flexibility index (Phi) is 5.57. The zero-order valence-corrected chi connectivity index (χ0v) is 9.65. The normalized spacial score (nSPS) is 19.4. The van der Waals surface area contributed by atoms with Crippen LogP contribution in [0.5, 0.6) is 0 Å². The molecule has 0 spiro atoms. The van der Waals surface area contributed by atoms with Crippen molar-refractivity contribution in [2.75, 3.05) is 13.1 Å². The molecule has 0 aromatic heterocycles. The molecule has 1 atom stereocenters. The molecule has 0 bridgehead atoms. The van der Waals surface area contributed by atoms with Crippen LogP contribution in [0.15, 0.2) is 30.3 Å². The largest absolute Gasteiger partial charge is 0.478 e. The second kappa shape index (κ2) is 7.01. The third-order valence-electron chi connectivity index (χ3n) is 2.56. The number of hydrogen-bond donors (Lipinski definition) is 2. The van der Waals surface area contributed by atoms with Crippen LogP contribution in [-0.2, 0) is 0 Å². The smallest absolute Gasteiger partial charge is 0.335 e. The van der Waals surface area contributed by atoms with E-state index in [4.69, 9.17) is 5.11 Å². The summed E-state index contributed by atoms with van der Waals surface area (Å²) in [7, 11) is 0. The Bertz CT molecular complexity index is 305. The van der Waals surface area contributed by atoms with Gasteiger partial charge in [0.25, 0.3) is 0 Å². The Labute approximate surface area is 96.5 Å². The van der Waals surface area contributed by atoms with Gasteiger partial charge in [0.1, 0.15) is 0 Å². The van der Waals surface area contributed by atoms with Gasteiger partial charge in [-0.1, -0.05) is 25.1 Å². The van der Waals surface area contributed by atoms with Gasteiger partial charge in [-0.2, -0.15) is 0 Å². The highest BCUT2D eigenvalue weighted by Gasteiger charge is 2.04. The fourth-order valence-electron chi connectivity index (χ4n) is 1.61. The van der Waals surface area contributed by atoms with Gasteiger partial charge < -0.3 is 10.4 Å². The minimum Gasteiger partial charge on any atom is -0.478 e. The molecule has 1 saturated heterocycles. The van der Waals surface area contributed by atoms with Crippen molar-refractivity contribution in [3.63, 3.8) is 0 Å². The van der Waals surface area contributed by atoms with Crippen molar-refractivity contribution in [3.8, 4) is 0 Å². The molecule has 88 valence electrons. The summed E-state index contributed by atoms with van der Waals surface area (Å²) in [6.45, 7) is 4.77. The van der Waals surface area contributed by atoms with Crippen LogP contribution in [0.1, 0.15) is 30.1 Å². The molecule has 0 saturated carbocycles. The van der Waals surface area contributed by atoms with Gasteiger partial charge in [0.05, 0.1) is 5.56 Å². The van der Waals surface area contributed by atoms with E-state index in [1.807, 2.05) is 0 Å². The molecule has 0 radical (unpaired) electrons. The Hall–Kier alpha value is -1.35. The highest BCUT2D eigenvalue weighted by molar-refractivity contribution is 5.87. The molecule has 2 rings (SSSR count). The average molecular weight is 221 g/mol. The fraction of sp³-hybridized carbons (Fsp3) is 0.462. The molecule has 0 amide bonds. The predicted octanol–water partition coefficient (Wildman–Crippen LogP) is 2.39. The van der Waals surface area contributed by atoms with Crippen molar-refractivity contribution in [1.29, 1.82) is 0 Å². The molecule has 2 N–H and O–H groups in total. The van der Waals surface area contributed by atoms with Gasteiger partial charge in [0.2, 0.25) is 0 Å². The Morgan fingerprint density at radius 2 is 2.06 bits per heavy atom.